The third kappa shape index (κ3) is 2.36. The van der Waals surface area contributed by atoms with Crippen LogP contribution in [0.4, 0.5) is 0 Å². The highest BCUT2D eigenvalue weighted by molar-refractivity contribution is 5.37. The van der Waals surface area contributed by atoms with Gasteiger partial charge in [0.2, 0.25) is 0 Å². The zero-order chi connectivity index (χ0) is 14.2. The van der Waals surface area contributed by atoms with E-state index in [4.69, 9.17) is 4.74 Å². The largest absolute Gasteiger partial charge is 0.493 e. The SMILES string of the molecule is CCC1CN2CCCC2CN1C1CCOc2ccccc21. The minimum atomic E-state index is 0.558. The predicted octanol–water partition coefficient (Wildman–Crippen LogP) is 3.07. The van der Waals surface area contributed by atoms with E-state index in [0.29, 0.717) is 12.1 Å². The summed E-state index contributed by atoms with van der Waals surface area (Å²) in [5.41, 5.74) is 1.41. The van der Waals surface area contributed by atoms with Gasteiger partial charge in [-0.3, -0.25) is 9.80 Å². The van der Waals surface area contributed by atoms with Gasteiger partial charge in [-0.1, -0.05) is 25.1 Å². The average molecular weight is 286 g/mol. The zero-order valence-corrected chi connectivity index (χ0v) is 13.0. The van der Waals surface area contributed by atoms with Crippen LogP contribution in [0.1, 0.15) is 44.2 Å². The molecule has 0 bridgehead atoms. The van der Waals surface area contributed by atoms with Crippen LogP contribution in [0.3, 0.4) is 0 Å². The fourth-order valence-electron chi connectivity index (χ4n) is 4.52. The van der Waals surface area contributed by atoms with Crippen LogP contribution >= 0.6 is 0 Å². The minimum absolute atomic E-state index is 0.558. The van der Waals surface area contributed by atoms with Gasteiger partial charge >= 0.3 is 0 Å². The van der Waals surface area contributed by atoms with E-state index in [9.17, 15) is 0 Å². The summed E-state index contributed by atoms with van der Waals surface area (Å²) in [6.07, 6.45) is 5.17. The van der Waals surface area contributed by atoms with E-state index in [0.717, 1.165) is 24.8 Å². The van der Waals surface area contributed by atoms with Gasteiger partial charge in [0.25, 0.3) is 0 Å². The number of benzene rings is 1. The molecule has 3 heteroatoms. The van der Waals surface area contributed by atoms with Crippen LogP contribution in [-0.4, -0.2) is 48.1 Å². The van der Waals surface area contributed by atoms with Crippen molar-refractivity contribution < 1.29 is 4.74 Å². The molecule has 2 saturated heterocycles. The summed E-state index contributed by atoms with van der Waals surface area (Å²) in [4.78, 5) is 5.53. The topological polar surface area (TPSA) is 15.7 Å². The van der Waals surface area contributed by atoms with Crippen molar-refractivity contribution >= 4 is 0 Å². The third-order valence-corrected chi connectivity index (χ3v) is 5.63. The molecule has 1 aromatic carbocycles. The molecule has 0 N–H and O–H groups in total. The monoisotopic (exact) mass is 286 g/mol. The molecule has 3 aliphatic heterocycles. The lowest BCUT2D eigenvalue weighted by Crippen LogP contribution is -2.57. The number of ether oxygens (including phenoxy) is 1. The summed E-state index contributed by atoms with van der Waals surface area (Å²) in [7, 11) is 0. The quantitative estimate of drug-likeness (QED) is 0.831. The van der Waals surface area contributed by atoms with E-state index in [1.54, 1.807) is 0 Å². The Morgan fingerprint density at radius 3 is 3.00 bits per heavy atom. The van der Waals surface area contributed by atoms with E-state index in [1.807, 2.05) is 0 Å². The summed E-state index contributed by atoms with van der Waals surface area (Å²) >= 11 is 0. The Hall–Kier alpha value is -1.06. The Bertz CT molecular complexity index is 504. The zero-order valence-electron chi connectivity index (χ0n) is 13.0. The Morgan fingerprint density at radius 2 is 2.10 bits per heavy atom. The van der Waals surface area contributed by atoms with E-state index in [1.165, 1.54) is 44.5 Å². The second-order valence-corrected chi connectivity index (χ2v) is 6.74. The van der Waals surface area contributed by atoms with Gasteiger partial charge in [0.15, 0.2) is 0 Å². The van der Waals surface area contributed by atoms with Crippen molar-refractivity contribution in [2.45, 2.75) is 50.7 Å². The van der Waals surface area contributed by atoms with Crippen molar-refractivity contribution in [2.75, 3.05) is 26.2 Å². The molecule has 21 heavy (non-hydrogen) atoms. The normalized spacial score (nSPS) is 33.3. The minimum Gasteiger partial charge on any atom is -0.493 e. The first-order valence-electron chi connectivity index (χ1n) is 8.58. The maximum atomic E-state index is 5.86. The highest BCUT2D eigenvalue weighted by Gasteiger charge is 2.40. The molecular weight excluding hydrogens is 260 g/mol. The Labute approximate surface area is 127 Å². The molecule has 0 amide bonds. The second kappa shape index (κ2) is 5.62. The smallest absolute Gasteiger partial charge is 0.124 e. The molecule has 114 valence electrons. The van der Waals surface area contributed by atoms with Gasteiger partial charge in [-0.05, 0) is 31.9 Å². The lowest BCUT2D eigenvalue weighted by molar-refractivity contribution is 0.00520. The molecular formula is C18H26N2O. The van der Waals surface area contributed by atoms with E-state index < -0.39 is 0 Å². The Morgan fingerprint density at radius 1 is 1.19 bits per heavy atom. The molecule has 0 saturated carbocycles. The van der Waals surface area contributed by atoms with Crippen LogP contribution in [0, 0.1) is 0 Å². The number of rotatable bonds is 2. The summed E-state index contributed by atoms with van der Waals surface area (Å²) in [5.74, 6) is 1.11. The highest BCUT2D eigenvalue weighted by Crippen LogP contribution is 2.39. The van der Waals surface area contributed by atoms with Crippen LogP contribution in [-0.2, 0) is 0 Å². The molecule has 0 radical (unpaired) electrons. The van der Waals surface area contributed by atoms with Crippen LogP contribution in [0.2, 0.25) is 0 Å². The maximum absolute atomic E-state index is 5.86. The highest BCUT2D eigenvalue weighted by atomic mass is 16.5. The number of piperazine rings is 1. The first-order chi connectivity index (χ1) is 10.4. The number of fused-ring (bicyclic) bond motifs is 2. The molecule has 3 nitrogen and oxygen atoms in total. The van der Waals surface area contributed by atoms with Gasteiger partial charge < -0.3 is 4.74 Å². The number of nitrogens with zero attached hydrogens (tertiary/aromatic N) is 2. The molecule has 0 spiro atoms. The predicted molar refractivity (Wildman–Crippen MR) is 84.7 cm³/mol. The molecule has 3 heterocycles. The number of para-hydroxylation sites is 1. The van der Waals surface area contributed by atoms with Crippen molar-refractivity contribution in [3.63, 3.8) is 0 Å². The number of hydrogen-bond acceptors (Lipinski definition) is 3. The molecule has 3 aliphatic rings. The average Bonchev–Trinajstić information content (AvgIpc) is 3.00. The molecule has 3 atom stereocenters. The maximum Gasteiger partial charge on any atom is 0.124 e. The van der Waals surface area contributed by atoms with Gasteiger partial charge in [0.1, 0.15) is 5.75 Å². The fraction of sp³-hybridized carbons (Fsp3) is 0.667. The summed E-state index contributed by atoms with van der Waals surface area (Å²) in [5, 5.41) is 0. The fourth-order valence-corrected chi connectivity index (χ4v) is 4.52. The summed E-state index contributed by atoms with van der Waals surface area (Å²) in [6, 6.07) is 10.7. The lowest BCUT2D eigenvalue weighted by Gasteiger charge is -2.48. The van der Waals surface area contributed by atoms with E-state index >= 15 is 0 Å². The van der Waals surface area contributed by atoms with Crippen molar-refractivity contribution in [1.82, 2.24) is 9.80 Å². The van der Waals surface area contributed by atoms with Crippen molar-refractivity contribution in [1.29, 1.82) is 0 Å². The first kappa shape index (κ1) is 13.6. The summed E-state index contributed by atoms with van der Waals surface area (Å²) < 4.78 is 5.86. The molecule has 3 unspecified atom stereocenters. The first-order valence-corrected chi connectivity index (χ1v) is 8.58. The van der Waals surface area contributed by atoms with Gasteiger partial charge in [-0.15, -0.1) is 0 Å². The molecule has 0 aromatic heterocycles. The van der Waals surface area contributed by atoms with Gasteiger partial charge in [-0.25, -0.2) is 0 Å². The van der Waals surface area contributed by atoms with E-state index in [2.05, 4.69) is 41.0 Å². The third-order valence-electron chi connectivity index (χ3n) is 5.63. The molecule has 2 fully saturated rings. The Balaban J connectivity index is 1.62. The van der Waals surface area contributed by atoms with Crippen molar-refractivity contribution in [3.8, 4) is 5.75 Å². The number of hydrogen-bond donors (Lipinski definition) is 0. The molecule has 1 aromatic rings. The standard InChI is InChI=1S/C18H26N2O/c1-2-14-12-19-10-5-6-15(19)13-20(14)17-9-11-21-18-8-4-3-7-16(17)18/h3-4,7-8,14-15,17H,2,5-6,9-13H2,1H3. The van der Waals surface area contributed by atoms with Crippen LogP contribution < -0.4 is 4.74 Å². The van der Waals surface area contributed by atoms with Gasteiger partial charge in [0.05, 0.1) is 6.61 Å². The van der Waals surface area contributed by atoms with E-state index in [-0.39, 0.29) is 0 Å². The Kier molecular flexibility index (Phi) is 3.64. The summed E-state index contributed by atoms with van der Waals surface area (Å²) in [6.45, 7) is 7.04. The molecule has 4 rings (SSSR count). The van der Waals surface area contributed by atoms with Crippen LogP contribution in [0.25, 0.3) is 0 Å². The van der Waals surface area contributed by atoms with Gasteiger partial charge in [0, 0.05) is 43.2 Å². The van der Waals surface area contributed by atoms with Crippen molar-refractivity contribution in [2.24, 2.45) is 0 Å². The van der Waals surface area contributed by atoms with Gasteiger partial charge in [-0.2, -0.15) is 0 Å². The lowest BCUT2D eigenvalue weighted by atomic mass is 9.94. The van der Waals surface area contributed by atoms with Crippen molar-refractivity contribution in [3.05, 3.63) is 29.8 Å². The van der Waals surface area contributed by atoms with Crippen LogP contribution in [0.5, 0.6) is 5.75 Å². The second-order valence-electron chi connectivity index (χ2n) is 6.74. The van der Waals surface area contributed by atoms with Crippen LogP contribution in [0.15, 0.2) is 24.3 Å². The molecule has 0 aliphatic carbocycles.